The summed E-state index contributed by atoms with van der Waals surface area (Å²) in [6, 6.07) is 3.83. The van der Waals surface area contributed by atoms with Crippen LogP contribution in [0.4, 0.5) is 0 Å². The Bertz CT molecular complexity index is 478. The zero-order chi connectivity index (χ0) is 14.5. The molecule has 0 radical (unpaired) electrons. The smallest absolute Gasteiger partial charge is 0.309 e. The average Bonchev–Trinajstić information content (AvgIpc) is 2.63. The number of carboxylic acids is 1. The summed E-state index contributed by atoms with van der Waals surface area (Å²) in [6.45, 7) is 4.12. The Labute approximate surface area is 118 Å². The number of aliphatic carboxylic acids is 1. The Morgan fingerprint density at radius 2 is 2.20 bits per heavy atom. The average molecular weight is 277 g/mol. The molecule has 108 valence electrons. The van der Waals surface area contributed by atoms with Crippen LogP contribution >= 0.6 is 0 Å². The molecule has 2 heterocycles. The Morgan fingerprint density at radius 1 is 1.40 bits per heavy atom. The molecule has 1 aliphatic rings. The van der Waals surface area contributed by atoms with Gasteiger partial charge >= 0.3 is 5.97 Å². The molecule has 0 bridgehead atoms. The molecule has 1 amide bonds. The van der Waals surface area contributed by atoms with Gasteiger partial charge in [-0.1, -0.05) is 6.07 Å². The normalized spacial score (nSPS) is 20.4. The van der Waals surface area contributed by atoms with Gasteiger partial charge in [0, 0.05) is 52.0 Å². The van der Waals surface area contributed by atoms with Crippen LogP contribution < -0.4 is 0 Å². The van der Waals surface area contributed by atoms with Crippen molar-refractivity contribution in [3.05, 3.63) is 30.1 Å². The maximum Gasteiger partial charge on any atom is 0.309 e. The van der Waals surface area contributed by atoms with Crippen LogP contribution in [0.25, 0.3) is 0 Å². The summed E-state index contributed by atoms with van der Waals surface area (Å²) in [6.07, 6.45) is 3.49. The zero-order valence-corrected chi connectivity index (χ0v) is 11.5. The van der Waals surface area contributed by atoms with E-state index >= 15 is 0 Å². The Balaban J connectivity index is 2.06. The van der Waals surface area contributed by atoms with Crippen molar-refractivity contribution >= 4 is 11.9 Å². The third-order valence-corrected chi connectivity index (χ3v) is 3.53. The summed E-state index contributed by atoms with van der Waals surface area (Å²) in [5.74, 6) is -1.47. The lowest BCUT2D eigenvalue weighted by Crippen LogP contribution is -2.36. The summed E-state index contributed by atoms with van der Waals surface area (Å²) in [5.41, 5.74) is 1.05. The fourth-order valence-corrected chi connectivity index (χ4v) is 2.42. The molecule has 1 aromatic heterocycles. The lowest BCUT2D eigenvalue weighted by Gasteiger charge is -2.21. The second-order valence-electron chi connectivity index (χ2n) is 5.10. The van der Waals surface area contributed by atoms with E-state index in [2.05, 4.69) is 9.88 Å². The molecule has 0 saturated carbocycles. The number of aromatic nitrogens is 1. The van der Waals surface area contributed by atoms with Crippen LogP contribution in [-0.2, 0) is 16.1 Å². The quantitative estimate of drug-likeness (QED) is 0.868. The Kier molecular flexibility index (Phi) is 4.68. The lowest BCUT2D eigenvalue weighted by molar-refractivity contribution is -0.143. The first-order chi connectivity index (χ1) is 9.56. The fraction of sp³-hybridized carbons (Fsp3) is 0.500. The maximum atomic E-state index is 11.5. The van der Waals surface area contributed by atoms with E-state index in [1.54, 1.807) is 17.3 Å². The Hall–Kier alpha value is -1.95. The van der Waals surface area contributed by atoms with Gasteiger partial charge in [-0.15, -0.1) is 0 Å². The van der Waals surface area contributed by atoms with Gasteiger partial charge in [-0.3, -0.25) is 19.5 Å². The monoisotopic (exact) mass is 277 g/mol. The van der Waals surface area contributed by atoms with Gasteiger partial charge < -0.3 is 10.0 Å². The van der Waals surface area contributed by atoms with Crippen molar-refractivity contribution in [2.24, 2.45) is 5.92 Å². The summed E-state index contributed by atoms with van der Waals surface area (Å²) in [4.78, 5) is 30.5. The van der Waals surface area contributed by atoms with Gasteiger partial charge in [-0.05, 0) is 11.6 Å². The third-order valence-electron chi connectivity index (χ3n) is 3.53. The fourth-order valence-electron chi connectivity index (χ4n) is 2.42. The molecule has 6 heteroatoms. The van der Waals surface area contributed by atoms with Gasteiger partial charge in [0.25, 0.3) is 0 Å². The van der Waals surface area contributed by atoms with Gasteiger partial charge in [-0.25, -0.2) is 0 Å². The molecule has 1 atom stereocenters. The van der Waals surface area contributed by atoms with Crippen molar-refractivity contribution in [3.63, 3.8) is 0 Å². The highest BCUT2D eigenvalue weighted by Gasteiger charge is 2.28. The van der Waals surface area contributed by atoms with Gasteiger partial charge in [-0.2, -0.15) is 0 Å². The SMILES string of the molecule is CC(=O)N1CCN(Cc2cccnc2)C[C@H](C(=O)O)C1. The minimum Gasteiger partial charge on any atom is -0.481 e. The van der Waals surface area contributed by atoms with E-state index in [0.29, 0.717) is 26.2 Å². The van der Waals surface area contributed by atoms with Crippen LogP contribution in [0.1, 0.15) is 12.5 Å². The maximum absolute atomic E-state index is 11.5. The second kappa shape index (κ2) is 6.47. The number of amides is 1. The van der Waals surface area contributed by atoms with Gasteiger partial charge in [0.1, 0.15) is 0 Å². The Morgan fingerprint density at radius 3 is 2.80 bits per heavy atom. The predicted octanol–water partition coefficient (Wildman–Crippen LogP) is 0.446. The lowest BCUT2D eigenvalue weighted by atomic mass is 10.1. The van der Waals surface area contributed by atoms with Gasteiger partial charge in [0.05, 0.1) is 5.92 Å². The minimum atomic E-state index is -0.852. The van der Waals surface area contributed by atoms with E-state index in [0.717, 1.165) is 5.56 Å². The first kappa shape index (κ1) is 14.5. The molecule has 0 spiro atoms. The van der Waals surface area contributed by atoms with Crippen LogP contribution in [0, 0.1) is 5.92 Å². The van der Waals surface area contributed by atoms with Crippen LogP contribution in [0.2, 0.25) is 0 Å². The van der Waals surface area contributed by atoms with E-state index in [4.69, 9.17) is 0 Å². The van der Waals surface area contributed by atoms with E-state index in [9.17, 15) is 14.7 Å². The topological polar surface area (TPSA) is 73.7 Å². The molecule has 1 N–H and O–H groups in total. The number of hydrogen-bond acceptors (Lipinski definition) is 4. The number of hydrogen-bond donors (Lipinski definition) is 1. The summed E-state index contributed by atoms with van der Waals surface area (Å²) in [5, 5.41) is 9.27. The van der Waals surface area contributed by atoms with E-state index < -0.39 is 11.9 Å². The molecule has 0 aromatic carbocycles. The first-order valence-electron chi connectivity index (χ1n) is 6.66. The number of carbonyl (C=O) groups is 2. The number of nitrogens with zero attached hydrogens (tertiary/aromatic N) is 3. The highest BCUT2D eigenvalue weighted by molar-refractivity contribution is 5.75. The van der Waals surface area contributed by atoms with Crippen LogP contribution in [-0.4, -0.2) is 57.9 Å². The molecule has 1 saturated heterocycles. The van der Waals surface area contributed by atoms with Crippen LogP contribution in [0.3, 0.4) is 0 Å². The zero-order valence-electron chi connectivity index (χ0n) is 11.5. The molecule has 1 aliphatic heterocycles. The second-order valence-corrected chi connectivity index (χ2v) is 5.10. The van der Waals surface area contributed by atoms with E-state index in [-0.39, 0.29) is 12.5 Å². The molecular formula is C14H19N3O3. The highest BCUT2D eigenvalue weighted by atomic mass is 16.4. The van der Waals surface area contributed by atoms with Crippen molar-refractivity contribution in [1.82, 2.24) is 14.8 Å². The van der Waals surface area contributed by atoms with Crippen LogP contribution in [0.5, 0.6) is 0 Å². The minimum absolute atomic E-state index is 0.0699. The first-order valence-corrected chi connectivity index (χ1v) is 6.66. The number of rotatable bonds is 3. The van der Waals surface area contributed by atoms with Crippen molar-refractivity contribution in [2.45, 2.75) is 13.5 Å². The summed E-state index contributed by atoms with van der Waals surface area (Å²) in [7, 11) is 0. The third kappa shape index (κ3) is 3.77. The molecule has 6 nitrogen and oxygen atoms in total. The summed E-state index contributed by atoms with van der Waals surface area (Å²) >= 11 is 0. The van der Waals surface area contributed by atoms with Crippen molar-refractivity contribution in [1.29, 1.82) is 0 Å². The number of carboxylic acid groups (broad SMARTS) is 1. The number of carbonyl (C=O) groups excluding carboxylic acids is 1. The van der Waals surface area contributed by atoms with Gasteiger partial charge in [0.15, 0.2) is 0 Å². The summed E-state index contributed by atoms with van der Waals surface area (Å²) < 4.78 is 0. The van der Waals surface area contributed by atoms with Crippen LogP contribution in [0.15, 0.2) is 24.5 Å². The molecule has 1 fully saturated rings. The predicted molar refractivity (Wildman–Crippen MR) is 72.9 cm³/mol. The van der Waals surface area contributed by atoms with Crippen molar-refractivity contribution < 1.29 is 14.7 Å². The molecule has 1 aromatic rings. The molecular weight excluding hydrogens is 258 g/mol. The number of pyridine rings is 1. The molecule has 0 aliphatic carbocycles. The van der Waals surface area contributed by atoms with E-state index in [1.165, 1.54) is 6.92 Å². The van der Waals surface area contributed by atoms with Crippen molar-refractivity contribution in [3.8, 4) is 0 Å². The molecule has 20 heavy (non-hydrogen) atoms. The van der Waals surface area contributed by atoms with E-state index in [1.807, 2.05) is 12.1 Å². The van der Waals surface area contributed by atoms with Crippen molar-refractivity contribution in [2.75, 3.05) is 26.2 Å². The standard InChI is InChI=1S/C14H19N3O3/c1-11(18)17-6-5-16(9-13(10-17)14(19)20)8-12-3-2-4-15-7-12/h2-4,7,13H,5-6,8-10H2,1H3,(H,19,20)/t13-/m0/s1. The molecule has 0 unspecified atom stereocenters. The molecule has 2 rings (SSSR count). The largest absolute Gasteiger partial charge is 0.481 e. The van der Waals surface area contributed by atoms with Gasteiger partial charge in [0.2, 0.25) is 5.91 Å². The highest BCUT2D eigenvalue weighted by Crippen LogP contribution is 2.13.